The summed E-state index contributed by atoms with van der Waals surface area (Å²) in [5.74, 6) is -1.29. The number of barbiturate groups is 1. The van der Waals surface area contributed by atoms with Gasteiger partial charge in [-0.2, -0.15) is 0 Å². The molecule has 5 rings (SSSR count). The van der Waals surface area contributed by atoms with Crippen LogP contribution in [-0.4, -0.2) is 22.4 Å². The highest BCUT2D eigenvalue weighted by Gasteiger charge is 2.43. The second-order valence-electron chi connectivity index (χ2n) is 8.94. The number of carbonyl (C=O) groups excluding carboxylic acids is 3. The number of aromatic nitrogens is 1. The number of aryl methyl sites for hydroxylation is 2. The quantitative estimate of drug-likeness (QED) is 0.246. The summed E-state index contributed by atoms with van der Waals surface area (Å²) in [5, 5.41) is 0. The zero-order valence-electron chi connectivity index (χ0n) is 21.0. The fourth-order valence-corrected chi connectivity index (χ4v) is 4.83. The van der Waals surface area contributed by atoms with E-state index < -0.39 is 17.8 Å². The maximum atomic E-state index is 13.7. The first-order chi connectivity index (χ1) is 17.9. The van der Waals surface area contributed by atoms with Gasteiger partial charge in [0.15, 0.2) is 0 Å². The molecule has 1 aliphatic rings. The van der Waals surface area contributed by atoms with Crippen molar-refractivity contribution >= 4 is 35.3 Å². The predicted octanol–water partition coefficient (Wildman–Crippen LogP) is 6.24. The van der Waals surface area contributed by atoms with Crippen molar-refractivity contribution in [3.8, 4) is 5.69 Å². The van der Waals surface area contributed by atoms with Crippen molar-refractivity contribution in [3.05, 3.63) is 119 Å². The van der Waals surface area contributed by atoms with E-state index in [-0.39, 0.29) is 5.57 Å². The van der Waals surface area contributed by atoms with Crippen LogP contribution in [0, 0.1) is 13.8 Å². The smallest absolute Gasteiger partial charge is 0.318 e. The number of para-hydroxylation sites is 3. The minimum atomic E-state index is -0.702. The largest absolute Gasteiger partial charge is 0.343 e. The van der Waals surface area contributed by atoms with Crippen molar-refractivity contribution < 1.29 is 14.4 Å². The minimum Gasteiger partial charge on any atom is -0.318 e. The lowest BCUT2D eigenvalue weighted by Crippen LogP contribution is -2.57. The van der Waals surface area contributed by atoms with Crippen molar-refractivity contribution in [2.24, 2.45) is 0 Å². The Labute approximate surface area is 216 Å². The molecular weight excluding hydrogens is 462 g/mol. The summed E-state index contributed by atoms with van der Waals surface area (Å²) in [4.78, 5) is 43.0. The molecule has 1 saturated heterocycles. The summed E-state index contributed by atoms with van der Waals surface area (Å²) in [5.41, 5.74) is 5.63. The SMILES string of the molecule is CCc1ccccc1-n1c(C)cc(C=C2C(=O)N(c3ccccc3)C(=O)N(c3ccccc3)C2=O)c1C. The summed E-state index contributed by atoms with van der Waals surface area (Å²) >= 11 is 0. The summed E-state index contributed by atoms with van der Waals surface area (Å²) in [7, 11) is 0. The lowest BCUT2D eigenvalue weighted by atomic mass is 10.0. The number of hydrogen-bond donors (Lipinski definition) is 0. The van der Waals surface area contributed by atoms with Crippen LogP contribution in [0.3, 0.4) is 0 Å². The highest BCUT2D eigenvalue weighted by Crippen LogP contribution is 2.31. The second-order valence-corrected chi connectivity index (χ2v) is 8.94. The zero-order chi connectivity index (χ0) is 26.1. The fourth-order valence-electron chi connectivity index (χ4n) is 4.83. The van der Waals surface area contributed by atoms with E-state index in [1.807, 2.05) is 44.2 Å². The molecule has 6 heteroatoms. The average Bonchev–Trinajstić information content (AvgIpc) is 3.20. The Kier molecular flexibility index (Phi) is 6.32. The number of amides is 4. The highest BCUT2D eigenvalue weighted by molar-refractivity contribution is 6.46. The van der Waals surface area contributed by atoms with Gasteiger partial charge in [-0.05, 0) is 73.9 Å². The van der Waals surface area contributed by atoms with Crippen molar-refractivity contribution in [3.63, 3.8) is 0 Å². The van der Waals surface area contributed by atoms with Crippen LogP contribution in [0.2, 0.25) is 0 Å². The van der Waals surface area contributed by atoms with Gasteiger partial charge in [-0.3, -0.25) is 9.59 Å². The number of benzene rings is 3. The van der Waals surface area contributed by atoms with Gasteiger partial charge in [0, 0.05) is 17.1 Å². The minimum absolute atomic E-state index is 0.0728. The van der Waals surface area contributed by atoms with Crippen LogP contribution in [-0.2, 0) is 16.0 Å². The van der Waals surface area contributed by atoms with Gasteiger partial charge in [-0.25, -0.2) is 14.6 Å². The van der Waals surface area contributed by atoms with E-state index in [0.29, 0.717) is 11.4 Å². The molecule has 1 aliphatic heterocycles. The molecule has 0 unspecified atom stereocenters. The van der Waals surface area contributed by atoms with E-state index in [4.69, 9.17) is 0 Å². The number of rotatable bonds is 5. The third kappa shape index (κ3) is 4.16. The number of carbonyl (C=O) groups is 3. The molecule has 0 radical (unpaired) electrons. The Hall–Kier alpha value is -4.71. The van der Waals surface area contributed by atoms with Crippen LogP contribution in [0.25, 0.3) is 11.8 Å². The van der Waals surface area contributed by atoms with Gasteiger partial charge < -0.3 is 4.57 Å². The fraction of sp³-hybridized carbons (Fsp3) is 0.129. The van der Waals surface area contributed by atoms with Crippen LogP contribution in [0.5, 0.6) is 0 Å². The van der Waals surface area contributed by atoms with Crippen LogP contribution >= 0.6 is 0 Å². The number of anilines is 2. The molecule has 37 heavy (non-hydrogen) atoms. The van der Waals surface area contributed by atoms with E-state index in [2.05, 4.69) is 23.6 Å². The van der Waals surface area contributed by atoms with Crippen LogP contribution in [0.4, 0.5) is 16.2 Å². The summed E-state index contributed by atoms with van der Waals surface area (Å²) in [6.07, 6.45) is 2.48. The molecular formula is C31H27N3O3. The lowest BCUT2D eigenvalue weighted by molar-refractivity contribution is -0.121. The summed E-state index contributed by atoms with van der Waals surface area (Å²) in [6.45, 7) is 6.09. The Balaban J connectivity index is 1.66. The van der Waals surface area contributed by atoms with E-state index in [1.54, 1.807) is 54.6 Å². The molecule has 1 fully saturated rings. The first kappa shape index (κ1) is 24.0. The molecule has 2 heterocycles. The molecule has 0 saturated carbocycles. The van der Waals surface area contributed by atoms with Crippen molar-refractivity contribution in [2.75, 3.05) is 9.80 Å². The molecule has 3 aromatic carbocycles. The van der Waals surface area contributed by atoms with Crippen molar-refractivity contribution in [1.82, 2.24) is 4.57 Å². The second kappa shape index (κ2) is 9.74. The maximum absolute atomic E-state index is 13.7. The Bertz CT molecular complexity index is 1470. The molecule has 0 N–H and O–H groups in total. The third-order valence-corrected chi connectivity index (χ3v) is 6.66. The summed E-state index contributed by atoms with van der Waals surface area (Å²) in [6, 6.07) is 26.8. The van der Waals surface area contributed by atoms with E-state index in [1.165, 1.54) is 5.56 Å². The standard InChI is InChI=1S/C31H27N3O3/c1-4-23-13-11-12-18-28(23)32-21(2)19-24(22(32)3)20-27-29(35)33(25-14-7-5-8-15-25)31(37)34(30(27)36)26-16-9-6-10-17-26/h5-20H,4H2,1-3H3. The van der Waals surface area contributed by atoms with Gasteiger partial charge in [-0.1, -0.05) is 61.5 Å². The van der Waals surface area contributed by atoms with Gasteiger partial charge in [-0.15, -0.1) is 0 Å². The van der Waals surface area contributed by atoms with Gasteiger partial charge >= 0.3 is 6.03 Å². The zero-order valence-corrected chi connectivity index (χ0v) is 21.0. The predicted molar refractivity (Wildman–Crippen MR) is 146 cm³/mol. The normalized spacial score (nSPS) is 13.9. The average molecular weight is 490 g/mol. The van der Waals surface area contributed by atoms with E-state index >= 15 is 0 Å². The van der Waals surface area contributed by atoms with Gasteiger partial charge in [0.05, 0.1) is 11.4 Å². The number of imide groups is 2. The van der Waals surface area contributed by atoms with Crippen molar-refractivity contribution in [1.29, 1.82) is 0 Å². The van der Waals surface area contributed by atoms with Gasteiger partial charge in [0.25, 0.3) is 11.8 Å². The van der Waals surface area contributed by atoms with Crippen LogP contribution in [0.15, 0.2) is 96.6 Å². The number of urea groups is 1. The first-order valence-electron chi connectivity index (χ1n) is 12.2. The lowest BCUT2D eigenvalue weighted by Gasteiger charge is -2.33. The molecule has 184 valence electrons. The monoisotopic (exact) mass is 489 g/mol. The van der Waals surface area contributed by atoms with Gasteiger partial charge in [0.2, 0.25) is 0 Å². The molecule has 0 aliphatic carbocycles. The Morgan fingerprint density at radius 2 is 1.22 bits per heavy atom. The summed E-state index contributed by atoms with van der Waals surface area (Å²) < 4.78 is 2.14. The molecule has 1 aromatic heterocycles. The van der Waals surface area contributed by atoms with E-state index in [0.717, 1.165) is 38.9 Å². The molecule has 4 aromatic rings. The van der Waals surface area contributed by atoms with Crippen LogP contribution < -0.4 is 9.80 Å². The molecule has 6 nitrogen and oxygen atoms in total. The third-order valence-electron chi connectivity index (χ3n) is 6.66. The molecule has 0 bridgehead atoms. The topological polar surface area (TPSA) is 62.6 Å². The number of nitrogens with zero attached hydrogens (tertiary/aromatic N) is 3. The maximum Gasteiger partial charge on any atom is 0.343 e. The Morgan fingerprint density at radius 3 is 1.76 bits per heavy atom. The molecule has 0 atom stereocenters. The molecule has 0 spiro atoms. The van der Waals surface area contributed by atoms with E-state index in [9.17, 15) is 14.4 Å². The highest BCUT2D eigenvalue weighted by atomic mass is 16.2. The van der Waals surface area contributed by atoms with Crippen molar-refractivity contribution in [2.45, 2.75) is 27.2 Å². The Morgan fingerprint density at radius 1 is 0.703 bits per heavy atom. The number of hydrogen-bond acceptors (Lipinski definition) is 3. The van der Waals surface area contributed by atoms with Gasteiger partial charge in [0.1, 0.15) is 5.57 Å². The molecule has 4 amide bonds. The first-order valence-corrected chi connectivity index (χ1v) is 12.2. The van der Waals surface area contributed by atoms with Crippen LogP contribution in [0.1, 0.15) is 29.4 Å².